The summed E-state index contributed by atoms with van der Waals surface area (Å²) in [4.78, 5) is 32.8. The molecule has 0 spiro atoms. The van der Waals surface area contributed by atoms with E-state index in [0.717, 1.165) is 37.1 Å². The van der Waals surface area contributed by atoms with Crippen LogP contribution >= 0.6 is 11.6 Å². The summed E-state index contributed by atoms with van der Waals surface area (Å²) >= 11 is 6.49. The number of aliphatic carboxylic acids is 1. The number of carboxylic acids is 1. The van der Waals surface area contributed by atoms with Crippen molar-refractivity contribution in [3.8, 4) is 11.5 Å². The maximum atomic E-state index is 13.6. The fourth-order valence-electron chi connectivity index (χ4n) is 5.52. The van der Waals surface area contributed by atoms with Crippen molar-refractivity contribution in [3.05, 3.63) is 93.8 Å². The van der Waals surface area contributed by atoms with E-state index in [1.54, 1.807) is 38.5 Å². The number of benzene rings is 3. The van der Waals surface area contributed by atoms with Crippen molar-refractivity contribution < 1.29 is 40.7 Å². The number of halogens is 1. The Bertz CT molecular complexity index is 1450. The van der Waals surface area contributed by atoms with Gasteiger partial charge < -0.3 is 24.7 Å². The number of carboxylic acid groups (broad SMARTS) is 1. The predicted molar refractivity (Wildman–Crippen MR) is 166 cm³/mol. The molecule has 4 rings (SSSR count). The fourth-order valence-corrected chi connectivity index (χ4v) is 5.69. The first-order valence-electron chi connectivity index (χ1n) is 14.1. The standard InChI is InChI=1S/C33H38ClN3O5.Ni/c1-5-37-17-9-16-33(37,2)32(40)36-27-14-13-24(34)20-26(27)31(23-10-7-6-8-11-23)35-25(21-30(38)39)18-22-12-15-28(41-3)29(19-22)42-4;/h6-8,10-15,19-20,25H,5,9,16-18,21H2,1-4H3,(H2,35,36,38,39,40);/p-1/t25-,33-;/m1./s1. The maximum absolute atomic E-state index is 13.6. The number of carbonyl (C=O) groups is 2. The minimum absolute atomic E-state index is 0. The SMILES string of the molecule is CCN1CCC[C@]1(C)C(=O)[N-]c1ccc(Cl)cc1C(=N[C@@H](CC(=O)O)Cc1ccc(OC)c(OC)c1)c1ccccc1.[Ni]. The molecular weight excluding hydrogens is 613 g/mol. The largest absolute Gasteiger partial charge is 0.625 e. The van der Waals surface area contributed by atoms with Crippen LogP contribution in [0.1, 0.15) is 49.8 Å². The van der Waals surface area contributed by atoms with Crippen molar-refractivity contribution in [3.63, 3.8) is 0 Å². The van der Waals surface area contributed by atoms with Crippen LogP contribution in [0, 0.1) is 0 Å². The van der Waals surface area contributed by atoms with E-state index in [9.17, 15) is 14.7 Å². The van der Waals surface area contributed by atoms with Gasteiger partial charge >= 0.3 is 5.97 Å². The van der Waals surface area contributed by atoms with Crippen molar-refractivity contribution in [2.24, 2.45) is 4.99 Å². The summed E-state index contributed by atoms with van der Waals surface area (Å²) in [6.45, 7) is 5.61. The normalized spacial score (nSPS) is 17.6. The molecule has 0 aliphatic carbocycles. The van der Waals surface area contributed by atoms with Crippen molar-refractivity contribution in [2.75, 3.05) is 27.3 Å². The molecule has 8 nitrogen and oxygen atoms in total. The Labute approximate surface area is 268 Å². The van der Waals surface area contributed by atoms with Crippen LogP contribution in [0.3, 0.4) is 0 Å². The number of hydrogen-bond acceptors (Lipinski definition) is 6. The Morgan fingerprint density at radius 3 is 2.44 bits per heavy atom. The molecule has 10 heteroatoms. The number of rotatable bonds is 12. The van der Waals surface area contributed by atoms with Crippen molar-refractivity contribution in [1.29, 1.82) is 0 Å². The zero-order chi connectivity index (χ0) is 30.3. The van der Waals surface area contributed by atoms with Crippen molar-refractivity contribution in [2.45, 2.75) is 51.1 Å². The van der Waals surface area contributed by atoms with E-state index in [2.05, 4.69) is 10.2 Å². The van der Waals surface area contributed by atoms with Crippen LogP contribution in [0.25, 0.3) is 5.32 Å². The number of likely N-dealkylation sites (tertiary alicyclic amines) is 1. The van der Waals surface area contributed by atoms with Gasteiger partial charge in [0.2, 0.25) is 0 Å². The van der Waals surface area contributed by atoms with Gasteiger partial charge in [0.1, 0.15) is 0 Å². The van der Waals surface area contributed by atoms with Crippen LogP contribution in [0.5, 0.6) is 11.5 Å². The minimum atomic E-state index is -0.975. The summed E-state index contributed by atoms with van der Waals surface area (Å²) in [6, 6.07) is 19.5. The van der Waals surface area contributed by atoms with E-state index in [1.165, 1.54) is 0 Å². The van der Waals surface area contributed by atoms with Crippen molar-refractivity contribution in [1.82, 2.24) is 4.90 Å². The van der Waals surface area contributed by atoms with Crippen LogP contribution in [-0.2, 0) is 32.5 Å². The van der Waals surface area contributed by atoms with Gasteiger partial charge in [-0.2, -0.15) is 0 Å². The first kappa shape index (κ1) is 34.1. The first-order chi connectivity index (χ1) is 20.2. The minimum Gasteiger partial charge on any atom is -0.625 e. The average molecular weight is 650 g/mol. The van der Waals surface area contributed by atoms with E-state index in [4.69, 9.17) is 26.1 Å². The zero-order valence-corrected chi connectivity index (χ0v) is 26.5. The molecule has 2 atom stereocenters. The number of ether oxygens (including phenoxy) is 2. The van der Waals surface area contributed by atoms with E-state index in [1.807, 2.05) is 56.3 Å². The first-order valence-corrected chi connectivity index (χ1v) is 14.4. The Kier molecular flexibility index (Phi) is 12.2. The summed E-state index contributed by atoms with van der Waals surface area (Å²) in [7, 11) is 3.12. The maximum Gasteiger partial charge on any atom is 0.305 e. The van der Waals surface area contributed by atoms with E-state index < -0.39 is 17.6 Å². The third kappa shape index (κ3) is 8.17. The monoisotopic (exact) mass is 648 g/mol. The van der Waals surface area contributed by atoms with Crippen LogP contribution in [0.15, 0.2) is 71.7 Å². The van der Waals surface area contributed by atoms with E-state index >= 15 is 0 Å². The molecule has 0 radical (unpaired) electrons. The van der Waals surface area contributed by atoms with Gasteiger partial charge in [0.15, 0.2) is 11.5 Å². The topological polar surface area (TPSA) is 103 Å². The summed E-state index contributed by atoms with van der Waals surface area (Å²) in [6.07, 6.45) is 1.79. The number of likely N-dealkylation sites (N-methyl/N-ethyl adjacent to an activating group) is 1. The van der Waals surface area contributed by atoms with E-state index in [0.29, 0.717) is 39.9 Å². The molecule has 1 amide bonds. The van der Waals surface area contributed by atoms with Gasteiger partial charge in [0, 0.05) is 27.1 Å². The number of hydrogen-bond donors (Lipinski definition) is 1. The molecule has 232 valence electrons. The summed E-state index contributed by atoms with van der Waals surface area (Å²) in [5, 5.41) is 14.9. The predicted octanol–water partition coefficient (Wildman–Crippen LogP) is 6.68. The molecule has 1 N–H and O–H groups in total. The summed E-state index contributed by atoms with van der Waals surface area (Å²) in [5.74, 6) is -0.0638. The van der Waals surface area contributed by atoms with Crippen LogP contribution < -0.4 is 9.47 Å². The number of carbonyl (C=O) groups excluding carboxylic acids is 1. The Morgan fingerprint density at radius 1 is 1.07 bits per heavy atom. The molecule has 1 saturated heterocycles. The second kappa shape index (κ2) is 15.4. The number of amides is 1. The Balaban J connectivity index is 0.00000506. The fraction of sp³-hybridized carbons (Fsp3) is 0.364. The van der Waals surface area contributed by atoms with E-state index in [-0.39, 0.29) is 28.8 Å². The molecule has 3 aromatic carbocycles. The number of methoxy groups -OCH3 is 2. The summed E-state index contributed by atoms with van der Waals surface area (Å²) < 4.78 is 10.8. The molecule has 0 bridgehead atoms. The Hall–Kier alpha value is -3.39. The summed E-state index contributed by atoms with van der Waals surface area (Å²) in [5.41, 5.74) is 2.43. The van der Waals surface area contributed by atoms with Gasteiger partial charge in [-0.15, -0.1) is 5.69 Å². The molecule has 1 heterocycles. The molecule has 43 heavy (non-hydrogen) atoms. The van der Waals surface area contributed by atoms with Crippen LogP contribution in [0.2, 0.25) is 5.02 Å². The molecule has 0 unspecified atom stereocenters. The molecule has 0 saturated carbocycles. The van der Waals surface area contributed by atoms with Crippen LogP contribution in [-0.4, -0.2) is 66.5 Å². The molecule has 1 aliphatic heterocycles. The third-order valence-electron chi connectivity index (χ3n) is 7.76. The van der Waals surface area contributed by atoms with Crippen molar-refractivity contribution >= 4 is 34.9 Å². The van der Waals surface area contributed by atoms with Gasteiger partial charge in [-0.05, 0) is 74.7 Å². The smallest absolute Gasteiger partial charge is 0.305 e. The molecule has 0 aromatic heterocycles. The third-order valence-corrected chi connectivity index (χ3v) is 7.99. The van der Waals surface area contributed by atoms with Gasteiger partial charge in [-0.3, -0.25) is 14.7 Å². The second-order valence-electron chi connectivity index (χ2n) is 10.5. The second-order valence-corrected chi connectivity index (χ2v) is 11.0. The van der Waals surface area contributed by atoms with Gasteiger partial charge in [0.05, 0.1) is 43.8 Å². The van der Waals surface area contributed by atoms with Gasteiger partial charge in [0.25, 0.3) is 0 Å². The van der Waals surface area contributed by atoms with Crippen LogP contribution in [0.4, 0.5) is 5.69 Å². The number of nitrogens with zero attached hydrogens (tertiary/aromatic N) is 3. The Morgan fingerprint density at radius 2 is 1.79 bits per heavy atom. The number of aliphatic imine (C=N–C) groups is 1. The van der Waals surface area contributed by atoms with Gasteiger partial charge in [-0.25, -0.2) is 0 Å². The molecular formula is C33H37ClN3NiO5-. The quantitative estimate of drug-likeness (QED) is 0.173. The zero-order valence-electron chi connectivity index (χ0n) is 24.8. The molecule has 3 aromatic rings. The average Bonchev–Trinajstić information content (AvgIpc) is 3.38. The molecule has 1 aliphatic rings. The van der Waals surface area contributed by atoms with Gasteiger partial charge in [-0.1, -0.05) is 61.0 Å². The molecule has 1 fully saturated rings.